The van der Waals surface area contributed by atoms with Crippen molar-refractivity contribution in [2.45, 2.75) is 277 Å². The standard InChI is InChI=1S/C64H111O11P/c1-4-7-10-13-16-19-22-25-27-29-30-32-33-36-38-41-44-47-50-53-62(66)71-57-61(75-64(68)55-52-49-46-43-40-37-34-31-28-26-23-20-17-14-11-8-5-2)59-73-76(69,70)72-58-60(56-65)74-63(67)54-51-48-45-42-39-35-24-21-18-15-12-9-6-3/h8,11-12,15-17,19-21,24-28,60-61,65H,4-7,9-10,13-14,18,22-23,29-59H2,1-3H3,(H,69,70)/b11-8-,15-12-,19-16-,20-17-,24-21-,27-25-,28-26-. The molecule has 0 fully saturated rings. The van der Waals surface area contributed by atoms with Crippen LogP contribution in [-0.2, 0) is 42.2 Å². The highest BCUT2D eigenvalue weighted by Gasteiger charge is 2.28. The smallest absolute Gasteiger partial charge is 0.462 e. The number of esters is 3. The molecule has 0 rings (SSSR count). The fraction of sp³-hybridized carbons (Fsp3) is 0.734. The number of unbranched alkanes of at least 4 members (excludes halogenated alkanes) is 25. The molecule has 76 heavy (non-hydrogen) atoms. The van der Waals surface area contributed by atoms with Crippen LogP contribution in [0.15, 0.2) is 85.1 Å². The lowest BCUT2D eigenvalue weighted by atomic mass is 10.1. The Labute approximate surface area is 464 Å². The molecule has 11 nitrogen and oxygen atoms in total. The van der Waals surface area contributed by atoms with Gasteiger partial charge >= 0.3 is 25.7 Å². The van der Waals surface area contributed by atoms with Gasteiger partial charge in [0.2, 0.25) is 0 Å². The van der Waals surface area contributed by atoms with E-state index in [0.717, 1.165) is 141 Å². The zero-order chi connectivity index (χ0) is 55.5. The number of aliphatic hydroxyl groups excluding tert-OH is 1. The van der Waals surface area contributed by atoms with Gasteiger partial charge in [-0.25, -0.2) is 4.57 Å². The van der Waals surface area contributed by atoms with Crippen LogP contribution in [0.5, 0.6) is 0 Å². The minimum atomic E-state index is -4.76. The van der Waals surface area contributed by atoms with Gasteiger partial charge < -0.3 is 24.2 Å². The van der Waals surface area contributed by atoms with Gasteiger partial charge in [0.15, 0.2) is 6.10 Å². The van der Waals surface area contributed by atoms with E-state index in [1.165, 1.54) is 64.2 Å². The maximum Gasteiger partial charge on any atom is 0.472 e. The fourth-order valence-electron chi connectivity index (χ4n) is 8.14. The predicted molar refractivity (Wildman–Crippen MR) is 316 cm³/mol. The molecule has 3 atom stereocenters. The van der Waals surface area contributed by atoms with Crippen molar-refractivity contribution in [3.05, 3.63) is 85.1 Å². The monoisotopic (exact) mass is 1090 g/mol. The van der Waals surface area contributed by atoms with Crippen LogP contribution in [0.2, 0.25) is 0 Å². The largest absolute Gasteiger partial charge is 0.472 e. The van der Waals surface area contributed by atoms with Gasteiger partial charge in [-0.3, -0.25) is 23.4 Å². The van der Waals surface area contributed by atoms with Crippen molar-refractivity contribution in [3.63, 3.8) is 0 Å². The molecule has 12 heteroatoms. The van der Waals surface area contributed by atoms with Crippen LogP contribution >= 0.6 is 7.82 Å². The number of rotatable bonds is 56. The zero-order valence-electron chi connectivity index (χ0n) is 48.5. The molecule has 0 aliphatic rings. The van der Waals surface area contributed by atoms with Crippen molar-refractivity contribution in [2.24, 2.45) is 0 Å². The SMILES string of the molecule is CC/C=C\C/C=C\C/C=C\CCCCCCCCCC(=O)OC(COC(=O)CCCCCCCCCCC/C=C\C/C=C\CCCCC)COP(=O)(O)OCC(CO)OC(=O)CCCCCCC/C=C\C/C=C\CCC. The average Bonchev–Trinajstić information content (AvgIpc) is 3.41. The normalized spacial score (nSPS) is 13.9. The molecular formula is C64H111O11P. The summed E-state index contributed by atoms with van der Waals surface area (Å²) >= 11 is 0. The molecule has 0 aromatic carbocycles. The maximum atomic E-state index is 12.9. The van der Waals surface area contributed by atoms with Gasteiger partial charge in [-0.1, -0.05) is 221 Å². The lowest BCUT2D eigenvalue weighted by Gasteiger charge is -2.21. The Hall–Kier alpha value is -3.34. The second-order valence-electron chi connectivity index (χ2n) is 20.1. The summed E-state index contributed by atoms with van der Waals surface area (Å²) in [5, 5.41) is 9.82. The summed E-state index contributed by atoms with van der Waals surface area (Å²) in [5.41, 5.74) is 0. The Morgan fingerprint density at radius 2 is 0.711 bits per heavy atom. The van der Waals surface area contributed by atoms with Crippen molar-refractivity contribution in [2.75, 3.05) is 26.4 Å². The summed E-state index contributed by atoms with van der Waals surface area (Å²) in [7, 11) is -4.76. The van der Waals surface area contributed by atoms with E-state index in [2.05, 4.69) is 106 Å². The molecule has 0 aromatic heterocycles. The van der Waals surface area contributed by atoms with E-state index >= 15 is 0 Å². The van der Waals surface area contributed by atoms with Crippen LogP contribution in [0.3, 0.4) is 0 Å². The van der Waals surface area contributed by atoms with E-state index in [-0.39, 0.29) is 25.9 Å². The van der Waals surface area contributed by atoms with Gasteiger partial charge in [-0.15, -0.1) is 0 Å². The number of hydrogen-bond donors (Lipinski definition) is 2. The molecule has 0 radical (unpaired) electrons. The van der Waals surface area contributed by atoms with Crippen molar-refractivity contribution in [3.8, 4) is 0 Å². The van der Waals surface area contributed by atoms with Crippen LogP contribution in [0, 0.1) is 0 Å². The molecule has 0 saturated heterocycles. The number of aliphatic hydroxyl groups is 1. The zero-order valence-corrected chi connectivity index (χ0v) is 49.3. The number of phosphoric ester groups is 1. The topological polar surface area (TPSA) is 155 Å². The Bertz CT molecular complexity index is 1600. The molecule has 0 aliphatic carbocycles. The molecule has 0 spiro atoms. The van der Waals surface area contributed by atoms with Crippen molar-refractivity contribution in [1.29, 1.82) is 0 Å². The molecule has 0 aromatic rings. The minimum Gasteiger partial charge on any atom is -0.462 e. The summed E-state index contributed by atoms with van der Waals surface area (Å²) in [6.45, 7) is 4.43. The molecule has 0 bridgehead atoms. The summed E-state index contributed by atoms with van der Waals surface area (Å²) in [5.74, 6) is -1.49. The molecule has 3 unspecified atom stereocenters. The Balaban J connectivity index is 4.74. The summed E-state index contributed by atoms with van der Waals surface area (Å²) in [6.07, 6.45) is 66.7. The van der Waals surface area contributed by atoms with Crippen LogP contribution in [0.25, 0.3) is 0 Å². The van der Waals surface area contributed by atoms with E-state index in [1.54, 1.807) is 0 Å². The predicted octanol–water partition coefficient (Wildman–Crippen LogP) is 18.3. The van der Waals surface area contributed by atoms with Gasteiger partial charge in [0.1, 0.15) is 12.7 Å². The number of phosphoric acid groups is 1. The lowest BCUT2D eigenvalue weighted by Crippen LogP contribution is -2.30. The first-order chi connectivity index (χ1) is 37.2. The van der Waals surface area contributed by atoms with Crippen molar-refractivity contribution >= 4 is 25.7 Å². The van der Waals surface area contributed by atoms with Crippen LogP contribution in [-0.4, -0.2) is 66.5 Å². The Morgan fingerprint density at radius 3 is 1.11 bits per heavy atom. The minimum absolute atomic E-state index is 0.152. The average molecular weight is 1090 g/mol. The first kappa shape index (κ1) is 72.7. The Kier molecular flexibility index (Phi) is 55.3. The number of carbonyl (C=O) groups excluding carboxylic acids is 3. The highest BCUT2D eigenvalue weighted by Crippen LogP contribution is 2.43. The van der Waals surface area contributed by atoms with Crippen LogP contribution < -0.4 is 0 Å². The molecule has 0 amide bonds. The van der Waals surface area contributed by atoms with Crippen LogP contribution in [0.4, 0.5) is 0 Å². The van der Waals surface area contributed by atoms with E-state index in [4.69, 9.17) is 23.3 Å². The third kappa shape index (κ3) is 55.4. The van der Waals surface area contributed by atoms with E-state index in [0.29, 0.717) is 19.3 Å². The van der Waals surface area contributed by atoms with Gasteiger partial charge in [-0.05, 0) is 109 Å². The second kappa shape index (κ2) is 57.8. The lowest BCUT2D eigenvalue weighted by molar-refractivity contribution is -0.161. The van der Waals surface area contributed by atoms with Gasteiger partial charge in [-0.2, -0.15) is 0 Å². The number of ether oxygens (including phenoxy) is 3. The van der Waals surface area contributed by atoms with Crippen LogP contribution in [0.1, 0.15) is 265 Å². The van der Waals surface area contributed by atoms with E-state index in [9.17, 15) is 28.9 Å². The molecule has 0 saturated carbocycles. The van der Waals surface area contributed by atoms with Gasteiger partial charge in [0.25, 0.3) is 0 Å². The van der Waals surface area contributed by atoms with Gasteiger partial charge in [0.05, 0.1) is 19.8 Å². The Morgan fingerprint density at radius 1 is 0.382 bits per heavy atom. The molecule has 0 aliphatic heterocycles. The highest BCUT2D eigenvalue weighted by molar-refractivity contribution is 7.47. The van der Waals surface area contributed by atoms with E-state index in [1.807, 2.05) is 0 Å². The number of allylic oxidation sites excluding steroid dienone is 14. The summed E-state index contributed by atoms with van der Waals surface area (Å²) in [6, 6.07) is 0. The van der Waals surface area contributed by atoms with Crippen molar-refractivity contribution < 1.29 is 52.2 Å². The second-order valence-corrected chi connectivity index (χ2v) is 21.6. The molecular weight excluding hydrogens is 976 g/mol. The maximum absolute atomic E-state index is 12.9. The van der Waals surface area contributed by atoms with Crippen molar-refractivity contribution in [1.82, 2.24) is 0 Å². The summed E-state index contributed by atoms with van der Waals surface area (Å²) in [4.78, 5) is 48.6. The quantitative estimate of drug-likeness (QED) is 0.0197. The first-order valence-electron chi connectivity index (χ1n) is 30.5. The number of carbonyl (C=O) groups is 3. The highest BCUT2D eigenvalue weighted by atomic mass is 31.2. The molecule has 0 heterocycles. The third-order valence-corrected chi connectivity index (χ3v) is 13.7. The molecule has 438 valence electrons. The summed E-state index contributed by atoms with van der Waals surface area (Å²) < 4.78 is 39.6. The fourth-order valence-corrected chi connectivity index (χ4v) is 8.93. The molecule has 2 N–H and O–H groups in total. The third-order valence-electron chi connectivity index (χ3n) is 12.8. The first-order valence-corrected chi connectivity index (χ1v) is 32.0. The number of hydrogen-bond acceptors (Lipinski definition) is 10. The van der Waals surface area contributed by atoms with Gasteiger partial charge in [0, 0.05) is 19.3 Å². The van der Waals surface area contributed by atoms with E-state index < -0.39 is 57.8 Å².